The van der Waals surface area contributed by atoms with Crippen LogP contribution in [-0.4, -0.2) is 32.9 Å². The molecule has 0 spiro atoms. The minimum atomic E-state index is 0.0342. The third-order valence-electron chi connectivity index (χ3n) is 3.77. The molecule has 1 saturated heterocycles. The Morgan fingerprint density at radius 2 is 2.32 bits per heavy atom. The van der Waals surface area contributed by atoms with E-state index in [1.807, 2.05) is 29.4 Å². The van der Waals surface area contributed by atoms with Crippen molar-refractivity contribution in [1.29, 1.82) is 0 Å². The third kappa shape index (κ3) is 2.14. The summed E-state index contributed by atoms with van der Waals surface area (Å²) >= 11 is 0. The Kier molecular flexibility index (Phi) is 3.07. The number of carbonyl (C=O) groups is 1. The first-order valence-electron chi connectivity index (χ1n) is 6.62. The van der Waals surface area contributed by atoms with Crippen molar-refractivity contribution in [3.05, 3.63) is 43.2 Å². The summed E-state index contributed by atoms with van der Waals surface area (Å²) < 4.78 is 2.13. The van der Waals surface area contributed by atoms with E-state index in [9.17, 15) is 4.79 Å². The molecule has 3 rings (SSSR count). The van der Waals surface area contributed by atoms with Gasteiger partial charge in [-0.25, -0.2) is 4.98 Å². The lowest BCUT2D eigenvalue weighted by Gasteiger charge is -2.23. The van der Waals surface area contributed by atoms with Crippen molar-refractivity contribution in [2.45, 2.75) is 25.4 Å². The molecule has 0 bridgehead atoms. The average molecular weight is 255 g/mol. The van der Waals surface area contributed by atoms with Gasteiger partial charge in [0, 0.05) is 19.1 Å². The summed E-state index contributed by atoms with van der Waals surface area (Å²) in [5.74, 6) is 0.0342. The number of benzene rings is 1. The number of nitrogens with zero attached hydrogens (tertiary/aromatic N) is 3. The molecule has 0 radical (unpaired) electrons. The molecule has 1 aromatic carbocycles. The van der Waals surface area contributed by atoms with Crippen molar-refractivity contribution in [2.24, 2.45) is 0 Å². The fourth-order valence-corrected chi connectivity index (χ4v) is 2.82. The summed E-state index contributed by atoms with van der Waals surface area (Å²) in [4.78, 5) is 18.1. The van der Waals surface area contributed by atoms with Crippen molar-refractivity contribution in [3.8, 4) is 0 Å². The Hall–Kier alpha value is -2.10. The topological polar surface area (TPSA) is 38.1 Å². The molecule has 2 heterocycles. The maximum Gasteiger partial charge on any atom is 0.246 e. The highest BCUT2D eigenvalue weighted by molar-refractivity contribution is 5.87. The summed E-state index contributed by atoms with van der Waals surface area (Å²) in [5, 5.41) is 0. The number of carbonyl (C=O) groups excluding carboxylic acids is 1. The lowest BCUT2D eigenvalue weighted by atomic mass is 10.2. The van der Waals surface area contributed by atoms with E-state index in [0.717, 1.165) is 37.0 Å². The molecule has 19 heavy (non-hydrogen) atoms. The molecule has 4 nitrogen and oxygen atoms in total. The number of hydrogen-bond acceptors (Lipinski definition) is 2. The number of aromatic nitrogens is 2. The highest BCUT2D eigenvalue weighted by Crippen LogP contribution is 2.21. The van der Waals surface area contributed by atoms with E-state index in [1.54, 1.807) is 0 Å². The van der Waals surface area contributed by atoms with Gasteiger partial charge in [-0.15, -0.1) is 0 Å². The summed E-state index contributed by atoms with van der Waals surface area (Å²) in [7, 11) is 0. The van der Waals surface area contributed by atoms with Crippen LogP contribution >= 0.6 is 0 Å². The van der Waals surface area contributed by atoms with E-state index in [1.165, 1.54) is 6.08 Å². The number of hydrogen-bond donors (Lipinski definition) is 0. The first kappa shape index (κ1) is 12.0. The predicted octanol–water partition coefficient (Wildman–Crippen LogP) is 2.21. The summed E-state index contributed by atoms with van der Waals surface area (Å²) in [5.41, 5.74) is 2.13. The largest absolute Gasteiger partial charge is 0.334 e. The SMILES string of the molecule is C=CC(=O)N1CCCC1Cn1cnc2ccccc21. The van der Waals surface area contributed by atoms with Gasteiger partial charge in [0.25, 0.3) is 0 Å². The molecular formula is C15H17N3O. The van der Waals surface area contributed by atoms with Crippen LogP contribution in [0.2, 0.25) is 0 Å². The van der Waals surface area contributed by atoms with E-state index < -0.39 is 0 Å². The van der Waals surface area contributed by atoms with Gasteiger partial charge in [-0.05, 0) is 31.1 Å². The second-order valence-corrected chi connectivity index (χ2v) is 4.92. The maximum absolute atomic E-state index is 11.8. The predicted molar refractivity (Wildman–Crippen MR) is 74.7 cm³/mol. The van der Waals surface area contributed by atoms with Gasteiger partial charge in [0.1, 0.15) is 0 Å². The Labute approximate surface area is 112 Å². The van der Waals surface area contributed by atoms with Crippen LogP contribution in [0.1, 0.15) is 12.8 Å². The molecule has 1 amide bonds. The zero-order valence-corrected chi connectivity index (χ0v) is 10.8. The number of imidazole rings is 1. The molecule has 0 N–H and O–H groups in total. The maximum atomic E-state index is 11.8. The van der Waals surface area contributed by atoms with Crippen LogP contribution < -0.4 is 0 Å². The first-order chi connectivity index (χ1) is 9.29. The van der Waals surface area contributed by atoms with Crippen LogP contribution in [0.15, 0.2) is 43.2 Å². The van der Waals surface area contributed by atoms with Crippen molar-refractivity contribution >= 4 is 16.9 Å². The van der Waals surface area contributed by atoms with Crippen molar-refractivity contribution in [3.63, 3.8) is 0 Å². The van der Waals surface area contributed by atoms with Gasteiger partial charge >= 0.3 is 0 Å². The number of para-hydroxylation sites is 2. The second kappa shape index (κ2) is 4.88. The molecule has 98 valence electrons. The molecule has 1 aliphatic rings. The average Bonchev–Trinajstić information content (AvgIpc) is 3.06. The van der Waals surface area contributed by atoms with Gasteiger partial charge in [-0.2, -0.15) is 0 Å². The third-order valence-corrected chi connectivity index (χ3v) is 3.77. The van der Waals surface area contributed by atoms with E-state index in [2.05, 4.69) is 22.2 Å². The molecule has 1 fully saturated rings. The highest BCUT2D eigenvalue weighted by atomic mass is 16.2. The Bertz CT molecular complexity index is 617. The van der Waals surface area contributed by atoms with E-state index in [0.29, 0.717) is 0 Å². The van der Waals surface area contributed by atoms with Crippen LogP contribution in [0.25, 0.3) is 11.0 Å². The minimum absolute atomic E-state index is 0.0342. The molecule has 4 heteroatoms. The van der Waals surface area contributed by atoms with Crippen molar-refractivity contribution in [1.82, 2.24) is 14.5 Å². The highest BCUT2D eigenvalue weighted by Gasteiger charge is 2.27. The van der Waals surface area contributed by atoms with Gasteiger partial charge in [0.15, 0.2) is 0 Å². The Balaban J connectivity index is 1.84. The van der Waals surface area contributed by atoms with Crippen LogP contribution in [0.3, 0.4) is 0 Å². The Morgan fingerprint density at radius 1 is 1.47 bits per heavy atom. The van der Waals surface area contributed by atoms with E-state index in [-0.39, 0.29) is 11.9 Å². The van der Waals surface area contributed by atoms with Crippen LogP contribution in [0.4, 0.5) is 0 Å². The molecule has 1 aromatic heterocycles. The Morgan fingerprint density at radius 3 is 3.16 bits per heavy atom. The summed E-state index contributed by atoms with van der Waals surface area (Å²) in [6, 6.07) is 8.33. The smallest absolute Gasteiger partial charge is 0.246 e. The van der Waals surface area contributed by atoms with E-state index >= 15 is 0 Å². The number of fused-ring (bicyclic) bond motifs is 1. The normalized spacial score (nSPS) is 18.9. The van der Waals surface area contributed by atoms with Crippen molar-refractivity contribution < 1.29 is 4.79 Å². The minimum Gasteiger partial charge on any atom is -0.334 e. The van der Waals surface area contributed by atoms with Gasteiger partial charge < -0.3 is 9.47 Å². The van der Waals surface area contributed by atoms with Crippen LogP contribution in [-0.2, 0) is 11.3 Å². The lowest BCUT2D eigenvalue weighted by Crippen LogP contribution is -2.36. The van der Waals surface area contributed by atoms with Gasteiger partial charge in [-0.1, -0.05) is 18.7 Å². The molecule has 1 aliphatic heterocycles. The molecule has 1 unspecified atom stereocenters. The van der Waals surface area contributed by atoms with Gasteiger partial charge in [0.05, 0.1) is 17.4 Å². The van der Waals surface area contributed by atoms with Crippen molar-refractivity contribution in [2.75, 3.05) is 6.54 Å². The van der Waals surface area contributed by atoms with E-state index in [4.69, 9.17) is 0 Å². The zero-order valence-electron chi connectivity index (χ0n) is 10.8. The van der Waals surface area contributed by atoms with Crippen LogP contribution in [0.5, 0.6) is 0 Å². The molecule has 2 aromatic rings. The zero-order chi connectivity index (χ0) is 13.2. The number of amides is 1. The standard InChI is InChI=1S/C15H17N3O/c1-2-15(19)18-9-5-6-12(18)10-17-11-16-13-7-3-4-8-14(13)17/h2-4,7-8,11-12H,1,5-6,9-10H2. The monoisotopic (exact) mass is 255 g/mol. The first-order valence-corrected chi connectivity index (χ1v) is 6.62. The number of likely N-dealkylation sites (tertiary alicyclic amines) is 1. The quantitative estimate of drug-likeness (QED) is 0.789. The van der Waals surface area contributed by atoms with Gasteiger partial charge in [-0.3, -0.25) is 4.79 Å². The molecule has 1 atom stereocenters. The fraction of sp³-hybridized carbons (Fsp3) is 0.333. The second-order valence-electron chi connectivity index (χ2n) is 4.92. The van der Waals surface area contributed by atoms with Gasteiger partial charge in [0.2, 0.25) is 5.91 Å². The van der Waals surface area contributed by atoms with Crippen LogP contribution in [0, 0.1) is 0 Å². The molecular weight excluding hydrogens is 238 g/mol. The fourth-order valence-electron chi connectivity index (χ4n) is 2.82. The molecule has 0 aliphatic carbocycles. The summed E-state index contributed by atoms with van der Waals surface area (Å²) in [6.07, 6.45) is 5.38. The summed E-state index contributed by atoms with van der Waals surface area (Å²) in [6.45, 7) is 5.22. The number of rotatable bonds is 3. The lowest BCUT2D eigenvalue weighted by molar-refractivity contribution is -0.126. The molecule has 0 saturated carbocycles.